The van der Waals surface area contributed by atoms with Crippen molar-refractivity contribution in [1.82, 2.24) is 0 Å². The van der Waals surface area contributed by atoms with Gasteiger partial charge in [-0.05, 0) is 48.1 Å². The Hall–Kier alpha value is -2.20. The molecule has 0 atom stereocenters. The highest BCUT2D eigenvalue weighted by atomic mass is 32.2. The molecule has 2 rings (SSSR count). The van der Waals surface area contributed by atoms with Crippen molar-refractivity contribution in [3.8, 4) is 11.5 Å². The molecule has 0 spiro atoms. The normalized spacial score (nSPS) is 11.2. The van der Waals surface area contributed by atoms with Crippen LogP contribution in [0.3, 0.4) is 0 Å². The molecule has 4 heteroatoms. The molecule has 0 amide bonds. The van der Waals surface area contributed by atoms with E-state index in [1.54, 1.807) is 6.08 Å². The van der Waals surface area contributed by atoms with Crippen LogP contribution in [0.2, 0.25) is 0 Å². The third-order valence-electron chi connectivity index (χ3n) is 4.84. The van der Waals surface area contributed by atoms with Crippen LogP contribution in [0.4, 0.5) is 0 Å². The van der Waals surface area contributed by atoms with Gasteiger partial charge in [0.25, 0.3) is 0 Å². The van der Waals surface area contributed by atoms with Gasteiger partial charge in [-0.1, -0.05) is 76.1 Å². The number of thioether (sulfide) groups is 1. The number of rotatable bonds is 13. The summed E-state index contributed by atoms with van der Waals surface area (Å²) in [5.41, 5.74) is 0.839. The molecule has 0 aliphatic carbocycles. The fourth-order valence-corrected chi connectivity index (χ4v) is 4.05. The number of phenolic OH excluding ortho intramolecular Hbond substituents is 2. The zero-order chi connectivity index (χ0) is 20.9. The molecule has 0 aliphatic heterocycles. The van der Waals surface area contributed by atoms with Gasteiger partial charge >= 0.3 is 0 Å². The Morgan fingerprint density at radius 2 is 1.45 bits per heavy atom. The van der Waals surface area contributed by atoms with Crippen LogP contribution in [0.5, 0.6) is 11.5 Å². The van der Waals surface area contributed by atoms with E-state index in [9.17, 15) is 15.0 Å². The van der Waals surface area contributed by atoms with Gasteiger partial charge in [0, 0.05) is 4.90 Å². The van der Waals surface area contributed by atoms with Gasteiger partial charge in [0.05, 0.1) is 0 Å². The molecule has 3 nitrogen and oxygen atoms in total. The molecule has 2 aromatic rings. The van der Waals surface area contributed by atoms with Gasteiger partial charge in [0.2, 0.25) is 0 Å². The monoisotopic (exact) mass is 412 g/mol. The number of carbonyl (C=O) groups is 1. The molecule has 0 unspecified atom stereocenters. The van der Waals surface area contributed by atoms with Crippen LogP contribution in [-0.4, -0.2) is 21.7 Å². The molecule has 0 radical (unpaired) electrons. The first kappa shape index (κ1) is 23.1. The standard InChI is InChI=1S/C25H32O3S/c1-2-3-4-5-6-7-8-9-19-29-21-16-13-20(14-17-21)15-18-24(28)25-22(26)11-10-12-23(25)27/h10-18,26-27H,2-9,19H2,1H3. The van der Waals surface area contributed by atoms with Crippen LogP contribution in [0.15, 0.2) is 53.4 Å². The van der Waals surface area contributed by atoms with E-state index in [0.717, 1.165) is 11.3 Å². The zero-order valence-corrected chi connectivity index (χ0v) is 18.1. The Morgan fingerprint density at radius 3 is 2.07 bits per heavy atom. The fourth-order valence-electron chi connectivity index (χ4n) is 3.14. The molecule has 29 heavy (non-hydrogen) atoms. The maximum absolute atomic E-state index is 12.2. The SMILES string of the molecule is CCCCCCCCCCSc1ccc(C=CC(=O)c2c(O)cccc2O)cc1. The molecule has 0 saturated heterocycles. The van der Waals surface area contributed by atoms with Crippen molar-refractivity contribution in [2.24, 2.45) is 0 Å². The van der Waals surface area contributed by atoms with E-state index in [1.807, 2.05) is 23.9 Å². The van der Waals surface area contributed by atoms with Crippen molar-refractivity contribution in [3.05, 3.63) is 59.7 Å². The number of aromatic hydroxyl groups is 2. The summed E-state index contributed by atoms with van der Waals surface area (Å²) < 4.78 is 0. The summed E-state index contributed by atoms with van der Waals surface area (Å²) in [6, 6.07) is 12.4. The molecule has 0 saturated carbocycles. The molecular formula is C25H32O3S. The number of unbranched alkanes of at least 4 members (excludes halogenated alkanes) is 7. The van der Waals surface area contributed by atoms with Crippen molar-refractivity contribution >= 4 is 23.6 Å². The van der Waals surface area contributed by atoms with Gasteiger partial charge in [0.1, 0.15) is 17.1 Å². The second-order valence-electron chi connectivity index (χ2n) is 7.26. The van der Waals surface area contributed by atoms with Crippen molar-refractivity contribution in [1.29, 1.82) is 0 Å². The van der Waals surface area contributed by atoms with Crippen molar-refractivity contribution in [2.75, 3.05) is 5.75 Å². The number of ketones is 1. The second kappa shape index (κ2) is 13.1. The Balaban J connectivity index is 1.72. The van der Waals surface area contributed by atoms with Crippen LogP contribution in [0.1, 0.15) is 74.2 Å². The third-order valence-corrected chi connectivity index (χ3v) is 5.94. The molecule has 0 bridgehead atoms. The van der Waals surface area contributed by atoms with E-state index < -0.39 is 5.78 Å². The Labute approximate surface area is 178 Å². The van der Waals surface area contributed by atoms with Crippen molar-refractivity contribution in [2.45, 2.75) is 63.2 Å². The van der Waals surface area contributed by atoms with Crippen LogP contribution in [0.25, 0.3) is 6.08 Å². The van der Waals surface area contributed by atoms with E-state index in [2.05, 4.69) is 19.1 Å². The lowest BCUT2D eigenvalue weighted by Crippen LogP contribution is -1.95. The van der Waals surface area contributed by atoms with Crippen LogP contribution in [-0.2, 0) is 0 Å². The molecule has 0 aliphatic rings. The Bertz CT molecular complexity index is 761. The van der Waals surface area contributed by atoms with Crippen molar-refractivity contribution in [3.63, 3.8) is 0 Å². The summed E-state index contributed by atoms with van der Waals surface area (Å²) in [4.78, 5) is 13.4. The summed E-state index contributed by atoms with van der Waals surface area (Å²) in [5, 5.41) is 19.5. The lowest BCUT2D eigenvalue weighted by atomic mass is 10.1. The van der Waals surface area contributed by atoms with E-state index in [-0.39, 0.29) is 17.1 Å². The van der Waals surface area contributed by atoms with Gasteiger partial charge in [0.15, 0.2) is 5.78 Å². The first-order chi connectivity index (χ1) is 14.1. The van der Waals surface area contributed by atoms with Crippen LogP contribution >= 0.6 is 11.8 Å². The van der Waals surface area contributed by atoms with E-state index in [1.165, 1.54) is 80.5 Å². The van der Waals surface area contributed by atoms with Gasteiger partial charge < -0.3 is 10.2 Å². The van der Waals surface area contributed by atoms with Gasteiger partial charge in [-0.2, -0.15) is 0 Å². The molecule has 0 aromatic heterocycles. The number of hydrogen-bond donors (Lipinski definition) is 2. The predicted molar refractivity (Wildman–Crippen MR) is 123 cm³/mol. The Morgan fingerprint density at radius 1 is 0.862 bits per heavy atom. The summed E-state index contributed by atoms with van der Waals surface area (Å²) in [5.74, 6) is 0.281. The predicted octanol–water partition coefficient (Wildman–Crippen LogP) is 7.23. The van der Waals surface area contributed by atoms with Gasteiger partial charge in [-0.3, -0.25) is 4.79 Å². The topological polar surface area (TPSA) is 57.5 Å². The van der Waals surface area contributed by atoms with Crippen LogP contribution in [0, 0.1) is 0 Å². The van der Waals surface area contributed by atoms with Gasteiger partial charge in [-0.25, -0.2) is 0 Å². The van der Waals surface area contributed by atoms with E-state index in [4.69, 9.17) is 0 Å². The fraction of sp³-hybridized carbons (Fsp3) is 0.400. The zero-order valence-electron chi connectivity index (χ0n) is 17.3. The number of benzene rings is 2. The average molecular weight is 413 g/mol. The summed E-state index contributed by atoms with van der Waals surface area (Å²) >= 11 is 1.87. The third kappa shape index (κ3) is 8.36. The number of hydrogen-bond acceptors (Lipinski definition) is 4. The van der Waals surface area contributed by atoms with Gasteiger partial charge in [-0.15, -0.1) is 11.8 Å². The smallest absolute Gasteiger partial charge is 0.193 e. The highest BCUT2D eigenvalue weighted by Gasteiger charge is 2.13. The number of allylic oxidation sites excluding steroid dienone is 1. The largest absolute Gasteiger partial charge is 0.507 e. The summed E-state index contributed by atoms with van der Waals surface area (Å²) in [6.07, 6.45) is 13.8. The Kier molecular flexibility index (Phi) is 10.4. The average Bonchev–Trinajstić information content (AvgIpc) is 2.72. The first-order valence-electron chi connectivity index (χ1n) is 10.6. The summed E-state index contributed by atoms with van der Waals surface area (Å²) in [7, 11) is 0. The minimum Gasteiger partial charge on any atom is -0.507 e. The van der Waals surface area contributed by atoms with E-state index >= 15 is 0 Å². The maximum atomic E-state index is 12.2. The van der Waals surface area contributed by atoms with Crippen molar-refractivity contribution < 1.29 is 15.0 Å². The van der Waals surface area contributed by atoms with Crippen LogP contribution < -0.4 is 0 Å². The lowest BCUT2D eigenvalue weighted by Gasteiger charge is -2.04. The molecule has 2 N–H and O–H groups in total. The summed E-state index contributed by atoms with van der Waals surface area (Å²) in [6.45, 7) is 2.25. The minimum atomic E-state index is -0.422. The molecular weight excluding hydrogens is 380 g/mol. The molecule has 0 fully saturated rings. The molecule has 2 aromatic carbocycles. The maximum Gasteiger partial charge on any atom is 0.193 e. The minimum absolute atomic E-state index is 0.0683. The van der Waals surface area contributed by atoms with E-state index in [0.29, 0.717) is 0 Å². The number of carbonyl (C=O) groups excluding carboxylic acids is 1. The molecule has 156 valence electrons. The highest BCUT2D eigenvalue weighted by Crippen LogP contribution is 2.27. The lowest BCUT2D eigenvalue weighted by molar-refractivity contribution is 0.104. The highest BCUT2D eigenvalue weighted by molar-refractivity contribution is 7.99. The quantitative estimate of drug-likeness (QED) is 0.158. The first-order valence-corrected chi connectivity index (χ1v) is 11.6. The second-order valence-corrected chi connectivity index (χ2v) is 8.43. The molecule has 0 heterocycles. The number of phenols is 2.